The number of piperazine rings is 1. The highest BCUT2D eigenvalue weighted by Crippen LogP contribution is 2.34. The van der Waals surface area contributed by atoms with Crippen molar-refractivity contribution in [1.29, 1.82) is 0 Å². The number of sulfonamides is 1. The number of amides is 1. The van der Waals surface area contributed by atoms with Gasteiger partial charge in [0, 0.05) is 19.6 Å². The molecule has 1 atom stereocenters. The van der Waals surface area contributed by atoms with Crippen molar-refractivity contribution in [1.82, 2.24) is 9.21 Å². The zero-order valence-electron chi connectivity index (χ0n) is 23.4. The molecule has 0 aromatic heterocycles. The molecule has 4 aromatic rings. The number of rotatable bonds is 6. The molecule has 212 valence electrons. The predicted octanol–water partition coefficient (Wildman–Crippen LogP) is 7.13. The van der Waals surface area contributed by atoms with E-state index in [2.05, 4.69) is 0 Å². The van der Waals surface area contributed by atoms with Crippen molar-refractivity contribution in [2.45, 2.75) is 37.3 Å². The molecule has 5 rings (SSSR count). The lowest BCUT2D eigenvalue weighted by atomic mass is 9.99. The van der Waals surface area contributed by atoms with E-state index in [0.717, 1.165) is 16.7 Å². The Hall–Kier alpha value is -4.14. The normalized spacial score (nSPS) is 16.3. The fourth-order valence-electron chi connectivity index (χ4n) is 4.79. The SMILES string of the molecule is CC(C)(C)OC(=O)N1CCN(S(=O)(=O)c2ccc(Oc3ccccc3)cc2)[C@@H](c2ccc(-c3ccccc3)cc2)C1. The first-order valence-corrected chi connectivity index (χ1v) is 15.0. The summed E-state index contributed by atoms with van der Waals surface area (Å²) in [6, 6.07) is 33.0. The van der Waals surface area contributed by atoms with Gasteiger partial charge in [-0.3, -0.25) is 0 Å². The lowest BCUT2D eigenvalue weighted by Crippen LogP contribution is -2.53. The standard InChI is InChI=1S/C33H34N2O5S/c1-33(2,3)40-32(36)34-22-23-35(31(24-34)27-16-14-26(15-17-27)25-10-6-4-7-11-25)41(37,38)30-20-18-29(19-21-30)39-28-12-8-5-9-13-28/h4-21,31H,22-24H2,1-3H3/t31-/m1/s1. The molecular formula is C33H34N2O5S. The molecule has 41 heavy (non-hydrogen) atoms. The van der Waals surface area contributed by atoms with Crippen molar-refractivity contribution >= 4 is 16.1 Å². The van der Waals surface area contributed by atoms with Gasteiger partial charge in [0.1, 0.15) is 17.1 Å². The zero-order valence-corrected chi connectivity index (χ0v) is 24.3. The van der Waals surface area contributed by atoms with Crippen LogP contribution in [0.5, 0.6) is 11.5 Å². The highest BCUT2D eigenvalue weighted by atomic mass is 32.2. The van der Waals surface area contributed by atoms with Crippen molar-refractivity contribution in [3.8, 4) is 22.6 Å². The summed E-state index contributed by atoms with van der Waals surface area (Å²) in [6.07, 6.45) is -0.456. The molecule has 1 amide bonds. The third-order valence-electron chi connectivity index (χ3n) is 6.79. The molecule has 0 unspecified atom stereocenters. The van der Waals surface area contributed by atoms with Gasteiger partial charge in [0.25, 0.3) is 0 Å². The maximum Gasteiger partial charge on any atom is 0.410 e. The summed E-state index contributed by atoms with van der Waals surface area (Å²) in [5, 5.41) is 0. The van der Waals surface area contributed by atoms with Gasteiger partial charge < -0.3 is 14.4 Å². The first-order valence-electron chi connectivity index (χ1n) is 13.6. The van der Waals surface area contributed by atoms with Crippen LogP contribution in [0.25, 0.3) is 11.1 Å². The van der Waals surface area contributed by atoms with Crippen LogP contribution in [-0.4, -0.2) is 49.0 Å². The number of ether oxygens (including phenoxy) is 2. The molecule has 1 saturated heterocycles. The van der Waals surface area contributed by atoms with Crippen molar-refractivity contribution in [3.05, 3.63) is 115 Å². The molecule has 1 heterocycles. The first kappa shape index (κ1) is 28.4. The number of nitrogens with zero attached hydrogens (tertiary/aromatic N) is 2. The quantitative estimate of drug-likeness (QED) is 0.247. The summed E-state index contributed by atoms with van der Waals surface area (Å²) < 4.78 is 40.9. The Bertz CT molecular complexity index is 1570. The van der Waals surface area contributed by atoms with Gasteiger partial charge in [0.2, 0.25) is 10.0 Å². The van der Waals surface area contributed by atoms with Gasteiger partial charge in [0.15, 0.2) is 0 Å². The molecule has 0 bridgehead atoms. The second-order valence-electron chi connectivity index (χ2n) is 10.9. The summed E-state index contributed by atoms with van der Waals surface area (Å²) in [6.45, 7) is 5.98. The van der Waals surface area contributed by atoms with E-state index in [-0.39, 0.29) is 24.5 Å². The molecule has 7 nitrogen and oxygen atoms in total. The van der Waals surface area contributed by atoms with Crippen molar-refractivity contribution in [2.24, 2.45) is 0 Å². The highest BCUT2D eigenvalue weighted by Gasteiger charge is 2.39. The van der Waals surface area contributed by atoms with E-state index < -0.39 is 27.8 Å². The van der Waals surface area contributed by atoms with Gasteiger partial charge in [-0.25, -0.2) is 13.2 Å². The van der Waals surface area contributed by atoms with E-state index >= 15 is 0 Å². The molecular weight excluding hydrogens is 536 g/mol. The molecule has 0 N–H and O–H groups in total. The number of benzene rings is 4. The van der Waals surface area contributed by atoms with Crippen molar-refractivity contribution in [3.63, 3.8) is 0 Å². The lowest BCUT2D eigenvalue weighted by Gasteiger charge is -2.41. The summed E-state index contributed by atoms with van der Waals surface area (Å²) in [5.41, 5.74) is 2.24. The van der Waals surface area contributed by atoms with Crippen LogP contribution < -0.4 is 4.74 Å². The van der Waals surface area contributed by atoms with Crippen LogP contribution in [0.3, 0.4) is 0 Å². The molecule has 1 fully saturated rings. The molecule has 1 aliphatic heterocycles. The van der Waals surface area contributed by atoms with Gasteiger partial charge in [-0.1, -0.05) is 72.8 Å². The number of hydrogen-bond donors (Lipinski definition) is 0. The second-order valence-corrected chi connectivity index (χ2v) is 12.8. The number of para-hydroxylation sites is 1. The predicted molar refractivity (Wildman–Crippen MR) is 159 cm³/mol. The Morgan fingerprint density at radius 2 is 1.29 bits per heavy atom. The van der Waals surface area contributed by atoms with Crippen LogP contribution >= 0.6 is 0 Å². The topological polar surface area (TPSA) is 76.2 Å². The second kappa shape index (κ2) is 11.8. The van der Waals surface area contributed by atoms with Crippen LogP contribution in [0.2, 0.25) is 0 Å². The number of carbonyl (C=O) groups excluding carboxylic acids is 1. The number of hydrogen-bond acceptors (Lipinski definition) is 5. The molecule has 8 heteroatoms. The largest absolute Gasteiger partial charge is 0.457 e. The van der Waals surface area contributed by atoms with Crippen molar-refractivity contribution in [2.75, 3.05) is 19.6 Å². The minimum absolute atomic E-state index is 0.134. The minimum atomic E-state index is -3.90. The van der Waals surface area contributed by atoms with E-state index in [1.807, 2.05) is 106 Å². The van der Waals surface area contributed by atoms with Gasteiger partial charge >= 0.3 is 6.09 Å². The fourth-order valence-corrected chi connectivity index (χ4v) is 6.38. The van der Waals surface area contributed by atoms with E-state index in [9.17, 15) is 13.2 Å². The minimum Gasteiger partial charge on any atom is -0.457 e. The molecule has 4 aromatic carbocycles. The van der Waals surface area contributed by atoms with Gasteiger partial charge in [-0.2, -0.15) is 4.31 Å². The van der Waals surface area contributed by atoms with Crippen LogP contribution in [0, 0.1) is 0 Å². The maximum atomic E-state index is 14.0. The molecule has 0 aliphatic carbocycles. The monoisotopic (exact) mass is 570 g/mol. The van der Waals surface area contributed by atoms with Gasteiger partial charge in [0.05, 0.1) is 10.9 Å². The lowest BCUT2D eigenvalue weighted by molar-refractivity contribution is 0.0131. The Morgan fingerprint density at radius 3 is 1.90 bits per heavy atom. The molecule has 0 radical (unpaired) electrons. The zero-order chi connectivity index (χ0) is 29.0. The summed E-state index contributed by atoms with van der Waals surface area (Å²) >= 11 is 0. The summed E-state index contributed by atoms with van der Waals surface area (Å²) in [4.78, 5) is 14.7. The average molecular weight is 571 g/mol. The molecule has 0 spiro atoms. The Morgan fingerprint density at radius 1 is 0.732 bits per heavy atom. The average Bonchev–Trinajstić information content (AvgIpc) is 2.97. The smallest absolute Gasteiger partial charge is 0.410 e. The Labute approximate surface area is 242 Å². The highest BCUT2D eigenvalue weighted by molar-refractivity contribution is 7.89. The van der Waals surface area contributed by atoms with Crippen molar-refractivity contribution < 1.29 is 22.7 Å². The van der Waals surface area contributed by atoms with Crippen LogP contribution in [0.15, 0.2) is 114 Å². The van der Waals surface area contributed by atoms with E-state index in [1.165, 1.54) is 4.31 Å². The van der Waals surface area contributed by atoms with Crippen LogP contribution in [0.4, 0.5) is 4.79 Å². The van der Waals surface area contributed by atoms with Crippen LogP contribution in [0.1, 0.15) is 32.4 Å². The van der Waals surface area contributed by atoms with Crippen LogP contribution in [-0.2, 0) is 14.8 Å². The third-order valence-corrected chi connectivity index (χ3v) is 8.72. The maximum absolute atomic E-state index is 14.0. The Balaban J connectivity index is 1.43. The van der Waals surface area contributed by atoms with E-state index in [1.54, 1.807) is 29.2 Å². The van der Waals surface area contributed by atoms with E-state index in [0.29, 0.717) is 11.5 Å². The van der Waals surface area contributed by atoms with Gasteiger partial charge in [-0.05, 0) is 73.9 Å². The molecule has 1 aliphatic rings. The summed E-state index contributed by atoms with van der Waals surface area (Å²) in [7, 11) is -3.90. The summed E-state index contributed by atoms with van der Waals surface area (Å²) in [5.74, 6) is 1.21. The van der Waals surface area contributed by atoms with Gasteiger partial charge in [-0.15, -0.1) is 0 Å². The van der Waals surface area contributed by atoms with E-state index in [4.69, 9.17) is 9.47 Å². The first-order chi connectivity index (χ1) is 19.6. The third kappa shape index (κ3) is 6.78. The Kier molecular flexibility index (Phi) is 8.15. The fraction of sp³-hybridized carbons (Fsp3) is 0.242. The molecule has 0 saturated carbocycles. The number of carbonyl (C=O) groups is 1.